The fraction of sp³-hybridized carbons (Fsp3) is 0.692. The Bertz CT molecular complexity index is 418. The Kier molecular flexibility index (Phi) is 2.65. The lowest BCUT2D eigenvalue weighted by Crippen LogP contribution is -2.26. The highest BCUT2D eigenvalue weighted by atomic mass is 15.1. The predicted octanol–water partition coefficient (Wildman–Crippen LogP) is 2.22. The Morgan fingerprint density at radius 2 is 2.24 bits per heavy atom. The van der Waals surface area contributed by atoms with Crippen LogP contribution < -0.4 is 11.1 Å². The van der Waals surface area contributed by atoms with Gasteiger partial charge in [0.1, 0.15) is 17.5 Å². The van der Waals surface area contributed by atoms with Crippen LogP contribution in [0, 0.1) is 11.8 Å². The number of aromatic nitrogens is 2. The minimum Gasteiger partial charge on any atom is -0.384 e. The van der Waals surface area contributed by atoms with Crippen LogP contribution in [-0.2, 0) is 6.42 Å². The topological polar surface area (TPSA) is 63.8 Å². The molecule has 4 nitrogen and oxygen atoms in total. The zero-order valence-corrected chi connectivity index (χ0v) is 10.3. The zero-order valence-electron chi connectivity index (χ0n) is 10.3. The quantitative estimate of drug-likeness (QED) is 0.838. The highest BCUT2D eigenvalue weighted by Gasteiger charge is 2.39. The molecule has 4 heteroatoms. The summed E-state index contributed by atoms with van der Waals surface area (Å²) in [6.45, 7) is 2.05. The van der Waals surface area contributed by atoms with Crippen molar-refractivity contribution in [1.29, 1.82) is 0 Å². The molecule has 17 heavy (non-hydrogen) atoms. The lowest BCUT2D eigenvalue weighted by Gasteiger charge is -2.23. The summed E-state index contributed by atoms with van der Waals surface area (Å²) in [7, 11) is 0. The maximum atomic E-state index is 5.79. The molecule has 1 aromatic rings. The molecule has 0 amide bonds. The van der Waals surface area contributed by atoms with Crippen molar-refractivity contribution in [3.63, 3.8) is 0 Å². The van der Waals surface area contributed by atoms with Crippen molar-refractivity contribution in [3.05, 3.63) is 11.9 Å². The van der Waals surface area contributed by atoms with E-state index in [0.717, 1.165) is 29.9 Å². The van der Waals surface area contributed by atoms with E-state index in [1.165, 1.54) is 25.7 Å². The summed E-state index contributed by atoms with van der Waals surface area (Å²) in [5.74, 6) is 4.11. The average Bonchev–Trinajstić information content (AvgIpc) is 2.90. The lowest BCUT2D eigenvalue weighted by molar-refractivity contribution is 0.439. The van der Waals surface area contributed by atoms with Gasteiger partial charge in [-0.3, -0.25) is 0 Å². The normalized spacial score (nSPS) is 30.8. The number of aryl methyl sites for hydroxylation is 1. The van der Waals surface area contributed by atoms with Crippen LogP contribution in [0.2, 0.25) is 0 Å². The van der Waals surface area contributed by atoms with E-state index in [1.807, 2.05) is 6.07 Å². The van der Waals surface area contributed by atoms with Crippen molar-refractivity contribution in [2.24, 2.45) is 11.8 Å². The second kappa shape index (κ2) is 4.17. The van der Waals surface area contributed by atoms with Gasteiger partial charge >= 0.3 is 0 Å². The van der Waals surface area contributed by atoms with Crippen molar-refractivity contribution < 1.29 is 0 Å². The number of nitrogens with two attached hydrogens (primary N) is 1. The minimum atomic E-state index is 0.572. The zero-order chi connectivity index (χ0) is 11.8. The SMILES string of the molecule is CCc1nc(N)cc(NC2CC3CCC2C3)n1. The molecule has 2 aliphatic carbocycles. The summed E-state index contributed by atoms with van der Waals surface area (Å²) in [6.07, 6.45) is 6.34. The van der Waals surface area contributed by atoms with Gasteiger partial charge in [-0.1, -0.05) is 13.3 Å². The molecule has 1 aromatic heterocycles. The fourth-order valence-electron chi connectivity index (χ4n) is 3.36. The summed E-state index contributed by atoms with van der Waals surface area (Å²) in [4.78, 5) is 8.70. The van der Waals surface area contributed by atoms with Crippen molar-refractivity contribution in [2.45, 2.75) is 45.1 Å². The van der Waals surface area contributed by atoms with Crippen LogP contribution in [0.25, 0.3) is 0 Å². The highest BCUT2D eigenvalue weighted by molar-refractivity contribution is 5.45. The molecule has 0 spiro atoms. The van der Waals surface area contributed by atoms with Crippen LogP contribution in [0.5, 0.6) is 0 Å². The lowest BCUT2D eigenvalue weighted by atomic mass is 9.95. The Balaban J connectivity index is 1.74. The number of hydrogen-bond donors (Lipinski definition) is 2. The molecule has 3 unspecified atom stereocenters. The first-order valence-corrected chi connectivity index (χ1v) is 6.64. The largest absolute Gasteiger partial charge is 0.384 e. The van der Waals surface area contributed by atoms with Crippen LogP contribution in [0.4, 0.5) is 11.6 Å². The van der Waals surface area contributed by atoms with Gasteiger partial charge in [-0.25, -0.2) is 9.97 Å². The molecule has 3 rings (SSSR count). The molecular weight excluding hydrogens is 212 g/mol. The van der Waals surface area contributed by atoms with E-state index in [4.69, 9.17) is 5.73 Å². The van der Waals surface area contributed by atoms with Crippen LogP contribution in [0.1, 0.15) is 38.4 Å². The summed E-state index contributed by atoms with van der Waals surface area (Å²) >= 11 is 0. The summed E-state index contributed by atoms with van der Waals surface area (Å²) in [6, 6.07) is 2.46. The summed E-state index contributed by atoms with van der Waals surface area (Å²) < 4.78 is 0. The van der Waals surface area contributed by atoms with Crippen molar-refractivity contribution in [3.8, 4) is 0 Å². The first kappa shape index (κ1) is 10.8. The van der Waals surface area contributed by atoms with Crippen molar-refractivity contribution in [1.82, 2.24) is 9.97 Å². The maximum Gasteiger partial charge on any atom is 0.132 e. The molecule has 1 heterocycles. The number of rotatable bonds is 3. The Morgan fingerprint density at radius 3 is 2.88 bits per heavy atom. The number of nitrogen functional groups attached to an aromatic ring is 1. The van der Waals surface area contributed by atoms with Gasteiger partial charge in [-0.2, -0.15) is 0 Å². The third-order valence-electron chi connectivity index (χ3n) is 4.18. The van der Waals surface area contributed by atoms with E-state index >= 15 is 0 Å². The van der Waals surface area contributed by atoms with Crippen LogP contribution in [0.15, 0.2) is 6.07 Å². The number of hydrogen-bond acceptors (Lipinski definition) is 4. The van der Waals surface area contributed by atoms with Crippen LogP contribution >= 0.6 is 0 Å². The Morgan fingerprint density at radius 1 is 1.35 bits per heavy atom. The summed E-state index contributed by atoms with van der Waals surface area (Å²) in [5.41, 5.74) is 5.79. The Labute approximate surface area is 102 Å². The fourth-order valence-corrected chi connectivity index (χ4v) is 3.36. The van der Waals surface area contributed by atoms with Gasteiger partial charge in [0.05, 0.1) is 0 Å². The van der Waals surface area contributed by atoms with Crippen molar-refractivity contribution in [2.75, 3.05) is 11.1 Å². The molecule has 2 aliphatic rings. The molecule has 2 saturated carbocycles. The third kappa shape index (κ3) is 2.08. The van der Waals surface area contributed by atoms with Gasteiger partial charge < -0.3 is 11.1 Å². The van der Waals surface area contributed by atoms with E-state index in [9.17, 15) is 0 Å². The average molecular weight is 232 g/mol. The molecule has 92 valence electrons. The molecule has 0 aliphatic heterocycles. The molecule has 0 aromatic carbocycles. The molecule has 2 fully saturated rings. The van der Waals surface area contributed by atoms with Gasteiger partial charge in [0.2, 0.25) is 0 Å². The standard InChI is InChI=1S/C13H20N4/c1-2-12-16-11(14)7-13(17-12)15-10-6-8-3-4-9(10)5-8/h7-10H,2-6H2,1H3,(H3,14,15,16,17). The van der Waals surface area contributed by atoms with Gasteiger partial charge in [0.15, 0.2) is 0 Å². The van der Waals surface area contributed by atoms with Crippen LogP contribution in [0.3, 0.4) is 0 Å². The third-order valence-corrected chi connectivity index (χ3v) is 4.18. The molecule has 3 atom stereocenters. The van der Waals surface area contributed by atoms with Crippen molar-refractivity contribution >= 4 is 11.6 Å². The first-order valence-electron chi connectivity index (χ1n) is 6.64. The minimum absolute atomic E-state index is 0.572. The van der Waals surface area contributed by atoms with Gasteiger partial charge in [0.25, 0.3) is 0 Å². The smallest absolute Gasteiger partial charge is 0.132 e. The van der Waals surface area contributed by atoms with Gasteiger partial charge in [-0.05, 0) is 31.1 Å². The number of nitrogens with one attached hydrogen (secondary N) is 1. The molecular formula is C13H20N4. The highest BCUT2D eigenvalue weighted by Crippen LogP contribution is 2.45. The monoisotopic (exact) mass is 232 g/mol. The second-order valence-corrected chi connectivity index (χ2v) is 5.37. The van der Waals surface area contributed by atoms with Gasteiger partial charge in [0, 0.05) is 18.5 Å². The second-order valence-electron chi connectivity index (χ2n) is 5.37. The van der Waals surface area contributed by atoms with Gasteiger partial charge in [-0.15, -0.1) is 0 Å². The van der Waals surface area contributed by atoms with E-state index < -0.39 is 0 Å². The maximum absolute atomic E-state index is 5.79. The van der Waals surface area contributed by atoms with E-state index in [2.05, 4.69) is 22.2 Å². The first-order chi connectivity index (χ1) is 8.24. The Hall–Kier alpha value is -1.32. The molecule has 2 bridgehead atoms. The number of nitrogens with zero attached hydrogens (tertiary/aromatic N) is 2. The number of anilines is 2. The van der Waals surface area contributed by atoms with E-state index in [-0.39, 0.29) is 0 Å². The number of fused-ring (bicyclic) bond motifs is 2. The van der Waals surface area contributed by atoms with E-state index in [0.29, 0.717) is 11.9 Å². The van der Waals surface area contributed by atoms with E-state index in [1.54, 1.807) is 0 Å². The predicted molar refractivity (Wildman–Crippen MR) is 68.7 cm³/mol. The summed E-state index contributed by atoms with van der Waals surface area (Å²) in [5, 5.41) is 3.56. The molecule has 3 N–H and O–H groups in total. The molecule has 0 radical (unpaired) electrons. The van der Waals surface area contributed by atoms with Crippen LogP contribution in [-0.4, -0.2) is 16.0 Å². The molecule has 0 saturated heterocycles.